The Morgan fingerprint density at radius 1 is 1.12 bits per heavy atom. The van der Waals surface area contributed by atoms with Crippen molar-refractivity contribution in [3.63, 3.8) is 0 Å². The van der Waals surface area contributed by atoms with Crippen LogP contribution in [-0.2, 0) is 0 Å². The average Bonchev–Trinajstić information content (AvgIpc) is 2.42. The largest absolute Gasteiger partial charge is 0.274 e. The number of nitrogens with one attached hydrogen (secondary N) is 1. The molecule has 0 fully saturated rings. The van der Waals surface area contributed by atoms with Gasteiger partial charge in [0.25, 0.3) is 0 Å². The average molecular weight is 241 g/mol. The Kier molecular flexibility index (Phi) is 3.94. The van der Waals surface area contributed by atoms with E-state index in [1.807, 2.05) is 48.5 Å². The van der Waals surface area contributed by atoms with E-state index in [9.17, 15) is 0 Å². The molecule has 0 saturated heterocycles. The van der Waals surface area contributed by atoms with Crippen molar-refractivity contribution in [2.45, 2.75) is 0 Å². The monoisotopic (exact) mass is 241 g/mol. The number of rotatable bonds is 4. The van der Waals surface area contributed by atoms with Crippen molar-refractivity contribution >= 4 is 23.4 Å². The molecule has 1 aromatic carbocycles. The molecule has 2 aromatic rings. The first-order valence-electron chi connectivity index (χ1n) is 5.15. The summed E-state index contributed by atoms with van der Waals surface area (Å²) in [4.78, 5) is 4.29. The van der Waals surface area contributed by atoms with Gasteiger partial charge in [0, 0.05) is 11.8 Å². The molecular formula is C13H11N3S. The fourth-order valence-electron chi connectivity index (χ4n) is 1.46. The fourth-order valence-corrected chi connectivity index (χ4v) is 1.51. The number of pyridine rings is 1. The molecule has 4 heteroatoms. The van der Waals surface area contributed by atoms with E-state index in [4.69, 9.17) is 12.2 Å². The Bertz CT molecular complexity index is 467. The van der Waals surface area contributed by atoms with E-state index in [1.54, 1.807) is 6.20 Å². The third-order valence-corrected chi connectivity index (χ3v) is 2.29. The lowest BCUT2D eigenvalue weighted by Gasteiger charge is -2.05. The molecular weight excluding hydrogens is 230 g/mol. The van der Waals surface area contributed by atoms with Crippen LogP contribution >= 0.6 is 12.2 Å². The molecule has 2 rings (SSSR count). The van der Waals surface area contributed by atoms with Gasteiger partial charge in [-0.3, -0.25) is 10.4 Å². The zero-order chi connectivity index (χ0) is 11.9. The van der Waals surface area contributed by atoms with E-state index >= 15 is 0 Å². The first-order chi connectivity index (χ1) is 8.42. The predicted molar refractivity (Wildman–Crippen MR) is 73.1 cm³/mol. The molecule has 3 nitrogen and oxygen atoms in total. The van der Waals surface area contributed by atoms with Crippen molar-refractivity contribution in [3.8, 4) is 0 Å². The van der Waals surface area contributed by atoms with Crippen molar-refractivity contribution < 1.29 is 0 Å². The van der Waals surface area contributed by atoms with Gasteiger partial charge in [-0.15, -0.1) is 0 Å². The minimum atomic E-state index is 0.771. The van der Waals surface area contributed by atoms with Crippen LogP contribution in [0.4, 0.5) is 0 Å². The quantitative estimate of drug-likeness (QED) is 0.507. The second-order valence-corrected chi connectivity index (χ2v) is 3.52. The number of hydrogen-bond acceptors (Lipinski definition) is 3. The molecule has 0 radical (unpaired) electrons. The standard InChI is InChI=1S/C13H11N3S/c17-10-15-16-13(11-6-2-1-3-7-11)12-8-4-5-9-14-12/h1-10H,(H,15,17). The highest BCUT2D eigenvalue weighted by molar-refractivity contribution is 7.78. The molecule has 84 valence electrons. The summed E-state index contributed by atoms with van der Waals surface area (Å²) in [6, 6.07) is 15.6. The fraction of sp³-hybridized carbons (Fsp3) is 0. The molecule has 1 aromatic heterocycles. The van der Waals surface area contributed by atoms with E-state index in [1.165, 1.54) is 5.49 Å². The summed E-state index contributed by atoms with van der Waals surface area (Å²) in [5.41, 5.74) is 6.62. The zero-order valence-electron chi connectivity index (χ0n) is 9.08. The van der Waals surface area contributed by atoms with Gasteiger partial charge in [-0.25, -0.2) is 0 Å². The maximum Gasteiger partial charge on any atom is 0.116 e. The van der Waals surface area contributed by atoms with Crippen molar-refractivity contribution in [2.75, 3.05) is 0 Å². The highest BCUT2D eigenvalue weighted by atomic mass is 32.1. The molecule has 0 aliphatic rings. The van der Waals surface area contributed by atoms with Gasteiger partial charge in [0.05, 0.1) is 11.2 Å². The van der Waals surface area contributed by atoms with Gasteiger partial charge in [0.1, 0.15) is 5.71 Å². The second kappa shape index (κ2) is 5.86. The SMILES string of the molecule is S=CNN=C(c1ccccc1)c1ccccn1. The molecule has 1 N–H and O–H groups in total. The summed E-state index contributed by atoms with van der Waals surface area (Å²) < 4.78 is 0. The Labute approximate surface area is 105 Å². The van der Waals surface area contributed by atoms with Crippen molar-refractivity contribution in [1.29, 1.82) is 0 Å². The molecule has 0 aliphatic carbocycles. The minimum absolute atomic E-state index is 0.771. The third-order valence-electron chi connectivity index (χ3n) is 2.18. The van der Waals surface area contributed by atoms with Gasteiger partial charge >= 0.3 is 0 Å². The maximum atomic E-state index is 4.71. The van der Waals surface area contributed by atoms with Crippen LogP contribution in [0.2, 0.25) is 0 Å². The first-order valence-corrected chi connectivity index (χ1v) is 5.62. The van der Waals surface area contributed by atoms with Crippen LogP contribution in [0.15, 0.2) is 59.8 Å². The van der Waals surface area contributed by atoms with E-state index < -0.39 is 0 Å². The van der Waals surface area contributed by atoms with Crippen LogP contribution in [-0.4, -0.2) is 16.2 Å². The Balaban J connectivity index is 2.43. The zero-order valence-corrected chi connectivity index (χ0v) is 9.89. The van der Waals surface area contributed by atoms with Gasteiger partial charge in [-0.05, 0) is 12.1 Å². The Morgan fingerprint density at radius 2 is 1.88 bits per heavy atom. The molecule has 0 saturated carbocycles. The highest BCUT2D eigenvalue weighted by Crippen LogP contribution is 2.07. The molecule has 1 heterocycles. The van der Waals surface area contributed by atoms with Crippen LogP contribution in [0.1, 0.15) is 11.3 Å². The van der Waals surface area contributed by atoms with Gasteiger partial charge in [0.15, 0.2) is 0 Å². The number of benzene rings is 1. The van der Waals surface area contributed by atoms with Crippen molar-refractivity contribution in [2.24, 2.45) is 5.10 Å². The van der Waals surface area contributed by atoms with Crippen molar-refractivity contribution in [1.82, 2.24) is 10.4 Å². The molecule has 0 aliphatic heterocycles. The Hall–Kier alpha value is -2.07. The smallest absolute Gasteiger partial charge is 0.116 e. The summed E-state index contributed by atoms with van der Waals surface area (Å²) in [6.07, 6.45) is 1.74. The van der Waals surface area contributed by atoms with E-state index in [2.05, 4.69) is 15.5 Å². The summed E-state index contributed by atoms with van der Waals surface area (Å²) in [5.74, 6) is 0. The van der Waals surface area contributed by atoms with E-state index in [-0.39, 0.29) is 0 Å². The number of hydrogen-bond donors (Lipinski definition) is 1. The van der Waals surface area contributed by atoms with E-state index in [0.29, 0.717) is 0 Å². The summed E-state index contributed by atoms with van der Waals surface area (Å²) >= 11 is 4.71. The summed E-state index contributed by atoms with van der Waals surface area (Å²) in [6.45, 7) is 0. The van der Waals surface area contributed by atoms with Crippen LogP contribution < -0.4 is 5.43 Å². The number of nitrogens with zero attached hydrogens (tertiary/aromatic N) is 2. The first kappa shape index (κ1) is 11.4. The number of thiocarbonyl (C=S) groups is 1. The second-order valence-electron chi connectivity index (χ2n) is 3.29. The van der Waals surface area contributed by atoms with E-state index in [0.717, 1.165) is 17.0 Å². The van der Waals surface area contributed by atoms with Crippen molar-refractivity contribution in [3.05, 3.63) is 66.0 Å². The minimum Gasteiger partial charge on any atom is -0.274 e. The van der Waals surface area contributed by atoms with Crippen LogP contribution in [0.25, 0.3) is 0 Å². The lowest BCUT2D eigenvalue weighted by Crippen LogP contribution is -2.11. The van der Waals surface area contributed by atoms with Crippen LogP contribution in [0.3, 0.4) is 0 Å². The molecule has 0 spiro atoms. The third kappa shape index (κ3) is 2.95. The van der Waals surface area contributed by atoms with Crippen LogP contribution in [0, 0.1) is 0 Å². The normalized spacial score (nSPS) is 10.9. The molecule has 0 atom stereocenters. The maximum absolute atomic E-state index is 4.71. The molecule has 0 amide bonds. The van der Waals surface area contributed by atoms with Gasteiger partial charge in [-0.1, -0.05) is 48.6 Å². The van der Waals surface area contributed by atoms with Gasteiger partial charge in [0.2, 0.25) is 0 Å². The lowest BCUT2D eigenvalue weighted by molar-refractivity contribution is 1.06. The number of aromatic nitrogens is 1. The number of hydrazone groups is 1. The lowest BCUT2D eigenvalue weighted by atomic mass is 10.1. The Morgan fingerprint density at radius 3 is 2.53 bits per heavy atom. The summed E-state index contributed by atoms with van der Waals surface area (Å²) in [5, 5.41) is 4.23. The van der Waals surface area contributed by atoms with Crippen LogP contribution in [0.5, 0.6) is 0 Å². The van der Waals surface area contributed by atoms with Gasteiger partial charge in [-0.2, -0.15) is 5.10 Å². The molecule has 0 bridgehead atoms. The summed E-state index contributed by atoms with van der Waals surface area (Å²) in [7, 11) is 0. The highest BCUT2D eigenvalue weighted by Gasteiger charge is 2.06. The predicted octanol–water partition coefficient (Wildman–Crippen LogP) is 2.38. The molecule has 0 unspecified atom stereocenters. The topological polar surface area (TPSA) is 37.3 Å². The molecule has 17 heavy (non-hydrogen) atoms. The van der Waals surface area contributed by atoms with Gasteiger partial charge < -0.3 is 0 Å².